The second-order valence-corrected chi connectivity index (χ2v) is 5.37. The van der Waals surface area contributed by atoms with Crippen molar-refractivity contribution in [2.24, 2.45) is 5.92 Å². The number of piperidine rings is 1. The van der Waals surface area contributed by atoms with Crippen LogP contribution in [0.3, 0.4) is 0 Å². The number of hydrogen-bond acceptors (Lipinski definition) is 3. The summed E-state index contributed by atoms with van der Waals surface area (Å²) in [5.41, 5.74) is 0. The van der Waals surface area contributed by atoms with Gasteiger partial charge in [0, 0.05) is 26.1 Å². The molecule has 0 aliphatic carbocycles. The summed E-state index contributed by atoms with van der Waals surface area (Å²) in [7, 11) is 0. The zero-order valence-corrected chi connectivity index (χ0v) is 10.6. The monoisotopic (exact) mass is 256 g/mol. The first kappa shape index (κ1) is 13.1. The molecule has 0 spiro atoms. The number of hydrogen-bond donors (Lipinski definition) is 2. The molecule has 2 unspecified atom stereocenters. The van der Waals surface area contributed by atoms with Crippen molar-refractivity contribution in [2.45, 2.75) is 38.3 Å². The smallest absolute Gasteiger partial charge is 0.326 e. The van der Waals surface area contributed by atoms with Crippen LogP contribution in [-0.2, 0) is 4.79 Å². The first-order chi connectivity index (χ1) is 8.49. The maximum Gasteiger partial charge on any atom is 0.326 e. The molecule has 2 rings (SSSR count). The SMILES string of the molecule is CC1CCCN(C(=O)N2CC(O)C[C@H]2C(=O)O)C1. The molecule has 2 saturated heterocycles. The molecule has 0 aromatic carbocycles. The molecule has 2 fully saturated rings. The van der Waals surface area contributed by atoms with Gasteiger partial charge in [0.05, 0.1) is 6.10 Å². The zero-order valence-electron chi connectivity index (χ0n) is 10.6. The molecule has 2 amide bonds. The van der Waals surface area contributed by atoms with Gasteiger partial charge in [-0.25, -0.2) is 9.59 Å². The summed E-state index contributed by atoms with van der Waals surface area (Å²) in [6.07, 6.45) is 1.47. The highest BCUT2D eigenvalue weighted by molar-refractivity contribution is 5.83. The Balaban J connectivity index is 2.05. The minimum Gasteiger partial charge on any atom is -0.480 e. The summed E-state index contributed by atoms with van der Waals surface area (Å²) < 4.78 is 0. The zero-order chi connectivity index (χ0) is 13.3. The molecule has 0 radical (unpaired) electrons. The average molecular weight is 256 g/mol. The highest BCUT2D eigenvalue weighted by Crippen LogP contribution is 2.23. The molecule has 18 heavy (non-hydrogen) atoms. The van der Waals surface area contributed by atoms with E-state index < -0.39 is 18.1 Å². The Labute approximate surface area is 106 Å². The van der Waals surface area contributed by atoms with E-state index in [4.69, 9.17) is 5.11 Å². The summed E-state index contributed by atoms with van der Waals surface area (Å²) in [6.45, 7) is 3.58. The maximum absolute atomic E-state index is 12.3. The van der Waals surface area contributed by atoms with Gasteiger partial charge in [-0.05, 0) is 18.8 Å². The molecule has 2 aliphatic rings. The molecule has 2 N–H and O–H groups in total. The van der Waals surface area contributed by atoms with Crippen LogP contribution in [-0.4, -0.2) is 63.8 Å². The molecule has 6 heteroatoms. The average Bonchev–Trinajstić information content (AvgIpc) is 2.70. The molecule has 0 aromatic rings. The van der Waals surface area contributed by atoms with Gasteiger partial charge in [-0.1, -0.05) is 6.92 Å². The minimum absolute atomic E-state index is 0.126. The largest absolute Gasteiger partial charge is 0.480 e. The van der Waals surface area contributed by atoms with E-state index in [9.17, 15) is 14.7 Å². The van der Waals surface area contributed by atoms with Crippen LogP contribution >= 0.6 is 0 Å². The summed E-state index contributed by atoms with van der Waals surface area (Å²) in [6, 6.07) is -1.13. The van der Waals surface area contributed by atoms with Crippen LogP contribution in [0, 0.1) is 5.92 Å². The van der Waals surface area contributed by atoms with E-state index in [1.165, 1.54) is 4.90 Å². The Morgan fingerprint density at radius 1 is 1.28 bits per heavy atom. The number of β-amino-alcohol motifs (C(OH)–C–C–N with tert-alkyl or cyclic N) is 1. The van der Waals surface area contributed by atoms with Crippen LogP contribution in [0.25, 0.3) is 0 Å². The maximum atomic E-state index is 12.3. The molecule has 0 bridgehead atoms. The Morgan fingerprint density at radius 2 is 2.00 bits per heavy atom. The van der Waals surface area contributed by atoms with Gasteiger partial charge in [0.25, 0.3) is 0 Å². The third kappa shape index (κ3) is 2.58. The van der Waals surface area contributed by atoms with Gasteiger partial charge in [0.2, 0.25) is 0 Å². The standard InChI is InChI=1S/C12H20N2O4/c1-8-3-2-4-13(6-8)12(18)14-7-9(15)5-10(14)11(16)17/h8-10,15H,2-7H2,1H3,(H,16,17)/t8?,9?,10-/m0/s1. The Kier molecular flexibility index (Phi) is 3.75. The van der Waals surface area contributed by atoms with E-state index in [0.717, 1.165) is 12.8 Å². The number of aliphatic carboxylic acids is 1. The van der Waals surface area contributed by atoms with E-state index in [1.807, 2.05) is 0 Å². The fourth-order valence-corrected chi connectivity index (χ4v) is 2.80. The number of aliphatic hydroxyl groups is 1. The molecule has 2 aliphatic heterocycles. The third-order valence-corrected chi connectivity index (χ3v) is 3.74. The van der Waals surface area contributed by atoms with Crippen LogP contribution < -0.4 is 0 Å². The molecule has 0 aromatic heterocycles. The molecule has 102 valence electrons. The second kappa shape index (κ2) is 5.14. The fourth-order valence-electron chi connectivity index (χ4n) is 2.80. The van der Waals surface area contributed by atoms with Crippen molar-refractivity contribution in [3.63, 3.8) is 0 Å². The topological polar surface area (TPSA) is 81.1 Å². The van der Waals surface area contributed by atoms with Crippen LogP contribution in [0.1, 0.15) is 26.2 Å². The summed E-state index contributed by atoms with van der Waals surface area (Å²) in [5.74, 6) is -0.580. The number of urea groups is 1. The molecule has 3 atom stereocenters. The quantitative estimate of drug-likeness (QED) is 0.709. The highest BCUT2D eigenvalue weighted by Gasteiger charge is 2.41. The molecule has 6 nitrogen and oxygen atoms in total. The van der Waals surface area contributed by atoms with Crippen LogP contribution in [0.15, 0.2) is 0 Å². The van der Waals surface area contributed by atoms with Crippen molar-refractivity contribution in [2.75, 3.05) is 19.6 Å². The Hall–Kier alpha value is -1.30. The van der Waals surface area contributed by atoms with E-state index in [2.05, 4.69) is 6.92 Å². The summed E-state index contributed by atoms with van der Waals surface area (Å²) in [4.78, 5) is 26.4. The van der Waals surface area contributed by atoms with Gasteiger partial charge in [-0.15, -0.1) is 0 Å². The van der Waals surface area contributed by atoms with Gasteiger partial charge < -0.3 is 20.0 Å². The fraction of sp³-hybridized carbons (Fsp3) is 0.833. The van der Waals surface area contributed by atoms with Crippen molar-refractivity contribution in [1.82, 2.24) is 9.80 Å². The van der Waals surface area contributed by atoms with Crippen molar-refractivity contribution >= 4 is 12.0 Å². The molecular formula is C12H20N2O4. The predicted octanol–water partition coefficient (Wildman–Crippen LogP) is 0.358. The predicted molar refractivity (Wildman–Crippen MR) is 64.1 cm³/mol. The van der Waals surface area contributed by atoms with Gasteiger partial charge in [-0.2, -0.15) is 0 Å². The Morgan fingerprint density at radius 3 is 2.61 bits per heavy atom. The van der Waals surface area contributed by atoms with Crippen molar-refractivity contribution in [1.29, 1.82) is 0 Å². The lowest BCUT2D eigenvalue weighted by atomic mass is 10.0. The number of nitrogens with zero attached hydrogens (tertiary/aromatic N) is 2. The van der Waals surface area contributed by atoms with E-state index >= 15 is 0 Å². The number of amides is 2. The first-order valence-corrected chi connectivity index (χ1v) is 6.45. The number of carbonyl (C=O) groups is 2. The number of carbonyl (C=O) groups excluding carboxylic acids is 1. The molecular weight excluding hydrogens is 236 g/mol. The van der Waals surface area contributed by atoms with Crippen LogP contribution in [0.2, 0.25) is 0 Å². The Bertz CT molecular complexity index is 347. The van der Waals surface area contributed by atoms with Crippen LogP contribution in [0.5, 0.6) is 0 Å². The number of rotatable bonds is 1. The lowest BCUT2D eigenvalue weighted by Gasteiger charge is -2.35. The third-order valence-electron chi connectivity index (χ3n) is 3.74. The number of carboxylic acids is 1. The number of carboxylic acid groups (broad SMARTS) is 1. The minimum atomic E-state index is -1.04. The number of likely N-dealkylation sites (tertiary alicyclic amines) is 2. The van der Waals surface area contributed by atoms with E-state index in [-0.39, 0.29) is 19.0 Å². The number of aliphatic hydroxyl groups excluding tert-OH is 1. The van der Waals surface area contributed by atoms with E-state index in [0.29, 0.717) is 19.0 Å². The second-order valence-electron chi connectivity index (χ2n) is 5.37. The first-order valence-electron chi connectivity index (χ1n) is 6.45. The molecule has 2 heterocycles. The highest BCUT2D eigenvalue weighted by atomic mass is 16.4. The summed E-state index contributed by atoms with van der Waals surface area (Å²) >= 11 is 0. The van der Waals surface area contributed by atoms with E-state index in [1.54, 1.807) is 4.90 Å². The lowest BCUT2D eigenvalue weighted by molar-refractivity contribution is -0.141. The van der Waals surface area contributed by atoms with Crippen molar-refractivity contribution < 1.29 is 19.8 Å². The van der Waals surface area contributed by atoms with Gasteiger partial charge in [0.1, 0.15) is 6.04 Å². The van der Waals surface area contributed by atoms with Gasteiger partial charge in [-0.3, -0.25) is 0 Å². The van der Waals surface area contributed by atoms with Gasteiger partial charge >= 0.3 is 12.0 Å². The van der Waals surface area contributed by atoms with Crippen molar-refractivity contribution in [3.8, 4) is 0 Å². The normalized spacial score (nSPS) is 32.7. The van der Waals surface area contributed by atoms with Crippen LogP contribution in [0.4, 0.5) is 4.79 Å². The van der Waals surface area contributed by atoms with Crippen molar-refractivity contribution in [3.05, 3.63) is 0 Å². The molecule has 0 saturated carbocycles. The summed E-state index contributed by atoms with van der Waals surface area (Å²) in [5, 5.41) is 18.6. The lowest BCUT2D eigenvalue weighted by Crippen LogP contribution is -2.50. The van der Waals surface area contributed by atoms with Gasteiger partial charge in [0.15, 0.2) is 0 Å².